The number of benzene rings is 2. The van der Waals surface area contributed by atoms with Crippen molar-refractivity contribution < 1.29 is 13.2 Å². The van der Waals surface area contributed by atoms with Crippen molar-refractivity contribution in [2.24, 2.45) is 0 Å². The first kappa shape index (κ1) is 20.5. The van der Waals surface area contributed by atoms with E-state index in [4.69, 9.17) is 0 Å². The third kappa shape index (κ3) is 4.60. The number of aryl methyl sites for hydroxylation is 1. The van der Waals surface area contributed by atoms with E-state index in [9.17, 15) is 13.2 Å². The van der Waals surface area contributed by atoms with Gasteiger partial charge in [-0.3, -0.25) is 0 Å². The molecule has 2 aromatic carbocycles. The minimum atomic E-state index is -4.34. The van der Waals surface area contributed by atoms with E-state index in [-0.39, 0.29) is 0 Å². The van der Waals surface area contributed by atoms with Crippen molar-refractivity contribution in [1.82, 2.24) is 0 Å². The Balaban J connectivity index is 1.92. The third-order valence-electron chi connectivity index (χ3n) is 5.58. The summed E-state index contributed by atoms with van der Waals surface area (Å²) < 4.78 is 39.2. The monoisotopic (exact) mass is 387 g/mol. The molecule has 1 saturated carbocycles. The average molecular weight is 387 g/mol. The quantitative estimate of drug-likeness (QED) is 0.531. The summed E-state index contributed by atoms with van der Waals surface area (Å²) in [5.74, 6) is 0.510. The summed E-state index contributed by atoms with van der Waals surface area (Å²) in [5, 5.41) is 3.29. The van der Waals surface area contributed by atoms with Gasteiger partial charge in [0.05, 0.1) is 5.56 Å². The van der Waals surface area contributed by atoms with Crippen LogP contribution in [-0.4, -0.2) is 0 Å². The molecule has 1 aliphatic rings. The number of allylic oxidation sites excluding steroid dienone is 1. The summed E-state index contributed by atoms with van der Waals surface area (Å²) in [6.07, 6.45) is 1.08. The van der Waals surface area contributed by atoms with Crippen LogP contribution < -0.4 is 5.32 Å². The number of halogens is 3. The van der Waals surface area contributed by atoms with Crippen molar-refractivity contribution in [3.05, 3.63) is 70.3 Å². The zero-order chi connectivity index (χ0) is 20.3. The van der Waals surface area contributed by atoms with Crippen LogP contribution in [0.1, 0.15) is 74.1 Å². The van der Waals surface area contributed by atoms with Crippen molar-refractivity contribution in [2.75, 3.05) is 5.32 Å². The molecule has 1 nitrogen and oxygen atoms in total. The van der Waals surface area contributed by atoms with Gasteiger partial charge in [-0.15, -0.1) is 0 Å². The second kappa shape index (κ2) is 8.42. The molecule has 1 fully saturated rings. The molecule has 0 spiro atoms. The van der Waals surface area contributed by atoms with Crippen LogP contribution in [0.4, 0.5) is 18.9 Å². The predicted octanol–water partition coefficient (Wildman–Crippen LogP) is 7.92. The number of anilines is 1. The Hall–Kier alpha value is -2.23. The first-order chi connectivity index (χ1) is 13.3. The van der Waals surface area contributed by atoms with E-state index in [0.717, 1.165) is 49.4 Å². The Bertz CT molecular complexity index is 858. The van der Waals surface area contributed by atoms with Gasteiger partial charge in [-0.1, -0.05) is 38.5 Å². The van der Waals surface area contributed by atoms with Crippen LogP contribution in [0.3, 0.4) is 0 Å². The van der Waals surface area contributed by atoms with E-state index in [1.54, 1.807) is 6.07 Å². The fraction of sp³-hybridized carbons (Fsp3) is 0.417. The van der Waals surface area contributed by atoms with E-state index in [0.29, 0.717) is 11.6 Å². The maximum atomic E-state index is 13.1. The Morgan fingerprint density at radius 3 is 2.43 bits per heavy atom. The maximum Gasteiger partial charge on any atom is 0.416 e. The molecular weight excluding hydrogens is 359 g/mol. The summed E-state index contributed by atoms with van der Waals surface area (Å²) in [6, 6.07) is 11.9. The van der Waals surface area contributed by atoms with Gasteiger partial charge < -0.3 is 5.32 Å². The Kier molecular flexibility index (Phi) is 6.17. The molecule has 0 aliphatic heterocycles. The molecule has 0 heterocycles. The van der Waals surface area contributed by atoms with E-state index in [1.165, 1.54) is 28.8 Å². The summed E-state index contributed by atoms with van der Waals surface area (Å²) in [4.78, 5) is 0. The third-order valence-corrected chi connectivity index (χ3v) is 5.58. The number of nitrogens with one attached hydrogen (secondary N) is 1. The summed E-state index contributed by atoms with van der Waals surface area (Å²) in [7, 11) is 0. The van der Waals surface area contributed by atoms with Gasteiger partial charge in [-0.25, -0.2) is 0 Å². The molecule has 0 saturated heterocycles. The van der Waals surface area contributed by atoms with Crippen LogP contribution in [0, 0.1) is 6.92 Å². The maximum absolute atomic E-state index is 13.1. The lowest BCUT2D eigenvalue weighted by Crippen LogP contribution is -2.10. The molecular formula is C24H28F3N. The number of hydrogen-bond acceptors (Lipinski definition) is 1. The SMILES string of the molecule is CCCC(C)c1ccc(C(Nc2cccc(C(F)(F)F)c2)=C2CCC2)cc1C. The highest BCUT2D eigenvalue weighted by Gasteiger charge is 2.30. The van der Waals surface area contributed by atoms with Crippen LogP contribution >= 0.6 is 0 Å². The largest absolute Gasteiger partial charge is 0.416 e. The van der Waals surface area contributed by atoms with Crippen LogP contribution in [0.25, 0.3) is 5.70 Å². The highest BCUT2D eigenvalue weighted by atomic mass is 19.4. The van der Waals surface area contributed by atoms with E-state index in [2.05, 4.69) is 44.3 Å². The molecule has 1 atom stereocenters. The zero-order valence-electron chi connectivity index (χ0n) is 16.8. The Morgan fingerprint density at radius 2 is 1.86 bits per heavy atom. The molecule has 1 unspecified atom stereocenters. The first-order valence-electron chi connectivity index (χ1n) is 10.1. The van der Waals surface area contributed by atoms with Crippen LogP contribution in [-0.2, 0) is 6.18 Å². The lowest BCUT2D eigenvalue weighted by Gasteiger charge is -2.25. The lowest BCUT2D eigenvalue weighted by atomic mass is 9.86. The smallest absolute Gasteiger partial charge is 0.355 e. The van der Waals surface area contributed by atoms with Crippen LogP contribution in [0.2, 0.25) is 0 Å². The normalized spacial score (nSPS) is 15.1. The summed E-state index contributed by atoms with van der Waals surface area (Å²) >= 11 is 0. The molecule has 1 aliphatic carbocycles. The minimum Gasteiger partial charge on any atom is -0.355 e. The molecule has 3 rings (SSSR count). The van der Waals surface area contributed by atoms with Crippen molar-refractivity contribution in [2.45, 2.75) is 65.0 Å². The number of rotatable bonds is 6. The standard InChI is InChI=1S/C24H28F3N/c1-4-7-16(2)22-13-12-19(14-17(22)3)23(18-8-5-9-18)28-21-11-6-10-20(15-21)24(25,26)27/h6,10-16,28H,4-5,7-9H2,1-3H3. The molecule has 0 amide bonds. The zero-order valence-corrected chi connectivity index (χ0v) is 16.8. The van der Waals surface area contributed by atoms with Gasteiger partial charge in [-0.05, 0) is 85.1 Å². The van der Waals surface area contributed by atoms with E-state index >= 15 is 0 Å². The molecule has 150 valence electrons. The van der Waals surface area contributed by atoms with E-state index < -0.39 is 11.7 Å². The van der Waals surface area contributed by atoms with E-state index in [1.807, 2.05) is 0 Å². The average Bonchev–Trinajstić information content (AvgIpc) is 2.59. The summed E-state index contributed by atoms with van der Waals surface area (Å²) in [5.41, 5.74) is 5.73. The van der Waals surface area contributed by atoms with Gasteiger partial charge in [0.25, 0.3) is 0 Å². The lowest BCUT2D eigenvalue weighted by molar-refractivity contribution is -0.137. The van der Waals surface area contributed by atoms with Crippen molar-refractivity contribution in [3.63, 3.8) is 0 Å². The fourth-order valence-corrected chi connectivity index (χ4v) is 3.86. The molecule has 0 radical (unpaired) electrons. The van der Waals surface area contributed by atoms with Gasteiger partial charge in [0, 0.05) is 11.4 Å². The predicted molar refractivity (Wildman–Crippen MR) is 110 cm³/mol. The molecule has 28 heavy (non-hydrogen) atoms. The number of alkyl halides is 3. The Morgan fingerprint density at radius 1 is 1.11 bits per heavy atom. The van der Waals surface area contributed by atoms with Crippen LogP contribution in [0.5, 0.6) is 0 Å². The molecule has 0 aromatic heterocycles. The van der Waals surface area contributed by atoms with Crippen molar-refractivity contribution in [3.8, 4) is 0 Å². The van der Waals surface area contributed by atoms with Gasteiger partial charge in [0.2, 0.25) is 0 Å². The molecule has 0 bridgehead atoms. The molecule has 4 heteroatoms. The highest BCUT2D eigenvalue weighted by molar-refractivity contribution is 5.80. The summed E-state index contributed by atoms with van der Waals surface area (Å²) in [6.45, 7) is 6.56. The second-order valence-corrected chi connectivity index (χ2v) is 7.80. The van der Waals surface area contributed by atoms with Gasteiger partial charge >= 0.3 is 6.18 Å². The van der Waals surface area contributed by atoms with Crippen molar-refractivity contribution in [1.29, 1.82) is 0 Å². The topological polar surface area (TPSA) is 12.0 Å². The van der Waals surface area contributed by atoms with Crippen LogP contribution in [0.15, 0.2) is 48.0 Å². The van der Waals surface area contributed by atoms with Crippen molar-refractivity contribution >= 4 is 11.4 Å². The van der Waals surface area contributed by atoms with Gasteiger partial charge in [-0.2, -0.15) is 13.2 Å². The highest BCUT2D eigenvalue weighted by Crippen LogP contribution is 2.37. The van der Waals surface area contributed by atoms with Gasteiger partial charge in [0.15, 0.2) is 0 Å². The number of hydrogen-bond donors (Lipinski definition) is 1. The van der Waals surface area contributed by atoms with Gasteiger partial charge in [0.1, 0.15) is 0 Å². The first-order valence-corrected chi connectivity index (χ1v) is 10.1. The minimum absolute atomic E-state index is 0.477. The molecule has 1 N–H and O–H groups in total. The fourth-order valence-electron chi connectivity index (χ4n) is 3.86. The molecule has 2 aromatic rings. The second-order valence-electron chi connectivity index (χ2n) is 7.80. The Labute approximate surface area is 165 Å².